The fourth-order valence-electron chi connectivity index (χ4n) is 3.38. The Labute approximate surface area is 112 Å². The lowest BCUT2D eigenvalue weighted by atomic mass is 9.89. The smallest absolute Gasteiger partial charge is 0.0210 e. The highest BCUT2D eigenvalue weighted by molar-refractivity contribution is 5.37. The number of rotatable bonds is 4. The van der Waals surface area contributed by atoms with Crippen molar-refractivity contribution < 1.29 is 0 Å². The number of aryl methyl sites for hydroxylation is 3. The molecule has 0 saturated heterocycles. The first-order chi connectivity index (χ1) is 8.50. The van der Waals surface area contributed by atoms with Gasteiger partial charge in [-0.05, 0) is 55.7 Å². The van der Waals surface area contributed by atoms with Crippen LogP contribution >= 0.6 is 0 Å². The third-order valence-electron chi connectivity index (χ3n) is 4.50. The highest BCUT2D eigenvalue weighted by Gasteiger charge is 2.27. The molecule has 18 heavy (non-hydrogen) atoms. The zero-order chi connectivity index (χ0) is 13.2. The summed E-state index contributed by atoms with van der Waals surface area (Å²) in [6.45, 7) is 11.3. The monoisotopic (exact) mass is 245 g/mol. The normalized spacial score (nSPS) is 18.2. The van der Waals surface area contributed by atoms with Gasteiger partial charge in [-0.25, -0.2) is 0 Å². The Morgan fingerprint density at radius 1 is 1.06 bits per heavy atom. The standard InChI is InChI=1S/C17H27N/c1-13-9-14(2)16(15(3)10-13)11-18-12-17(4)7-5-6-8-17/h9-10,18H,5-8,11-12H2,1-4H3. The average Bonchev–Trinajstić information content (AvgIpc) is 2.69. The summed E-state index contributed by atoms with van der Waals surface area (Å²) >= 11 is 0. The largest absolute Gasteiger partial charge is 0.312 e. The lowest BCUT2D eigenvalue weighted by molar-refractivity contribution is 0.314. The van der Waals surface area contributed by atoms with Crippen LogP contribution in [0.3, 0.4) is 0 Å². The van der Waals surface area contributed by atoms with Crippen LogP contribution in [0.2, 0.25) is 0 Å². The van der Waals surface area contributed by atoms with Crippen molar-refractivity contribution in [2.45, 2.75) is 59.9 Å². The lowest BCUT2D eigenvalue weighted by Crippen LogP contribution is -2.29. The van der Waals surface area contributed by atoms with E-state index in [1.54, 1.807) is 0 Å². The van der Waals surface area contributed by atoms with Crippen LogP contribution in [0.5, 0.6) is 0 Å². The van der Waals surface area contributed by atoms with Gasteiger partial charge in [-0.3, -0.25) is 0 Å². The molecule has 0 spiro atoms. The van der Waals surface area contributed by atoms with Gasteiger partial charge in [0, 0.05) is 13.1 Å². The number of benzene rings is 1. The van der Waals surface area contributed by atoms with Gasteiger partial charge < -0.3 is 5.32 Å². The van der Waals surface area contributed by atoms with E-state index in [2.05, 4.69) is 45.1 Å². The predicted molar refractivity (Wildman–Crippen MR) is 78.9 cm³/mol. The Morgan fingerprint density at radius 2 is 1.61 bits per heavy atom. The molecule has 100 valence electrons. The van der Waals surface area contributed by atoms with E-state index in [-0.39, 0.29) is 0 Å². The van der Waals surface area contributed by atoms with Crippen LogP contribution in [0.4, 0.5) is 0 Å². The third kappa shape index (κ3) is 3.14. The summed E-state index contributed by atoms with van der Waals surface area (Å²) in [5.74, 6) is 0. The molecule has 1 N–H and O–H groups in total. The summed E-state index contributed by atoms with van der Waals surface area (Å²) in [6.07, 6.45) is 5.62. The zero-order valence-electron chi connectivity index (χ0n) is 12.4. The second-order valence-electron chi connectivity index (χ2n) is 6.50. The maximum absolute atomic E-state index is 3.69. The quantitative estimate of drug-likeness (QED) is 0.834. The predicted octanol–water partition coefficient (Wildman–Crippen LogP) is 4.28. The highest BCUT2D eigenvalue weighted by Crippen LogP contribution is 2.36. The van der Waals surface area contributed by atoms with Crippen molar-refractivity contribution >= 4 is 0 Å². The van der Waals surface area contributed by atoms with E-state index in [1.165, 1.54) is 54.5 Å². The number of nitrogens with one attached hydrogen (secondary N) is 1. The number of hydrogen-bond acceptors (Lipinski definition) is 1. The Balaban J connectivity index is 1.94. The fourth-order valence-corrected chi connectivity index (χ4v) is 3.38. The first-order valence-corrected chi connectivity index (χ1v) is 7.28. The minimum absolute atomic E-state index is 0.548. The van der Waals surface area contributed by atoms with E-state index in [0.29, 0.717) is 5.41 Å². The van der Waals surface area contributed by atoms with Crippen LogP contribution in [0.15, 0.2) is 12.1 Å². The van der Waals surface area contributed by atoms with Crippen LogP contribution < -0.4 is 5.32 Å². The van der Waals surface area contributed by atoms with Gasteiger partial charge in [-0.15, -0.1) is 0 Å². The molecule has 0 amide bonds. The minimum atomic E-state index is 0.548. The Morgan fingerprint density at radius 3 is 2.17 bits per heavy atom. The summed E-state index contributed by atoms with van der Waals surface area (Å²) in [5.41, 5.74) is 6.26. The van der Waals surface area contributed by atoms with E-state index in [9.17, 15) is 0 Å². The van der Waals surface area contributed by atoms with E-state index in [4.69, 9.17) is 0 Å². The van der Waals surface area contributed by atoms with Crippen molar-refractivity contribution in [2.24, 2.45) is 5.41 Å². The molecule has 1 aromatic carbocycles. The Kier molecular flexibility index (Phi) is 4.11. The van der Waals surface area contributed by atoms with E-state index in [0.717, 1.165) is 6.54 Å². The molecule has 0 radical (unpaired) electrons. The number of hydrogen-bond donors (Lipinski definition) is 1. The van der Waals surface area contributed by atoms with Crippen LogP contribution in [0.1, 0.15) is 54.9 Å². The molecule has 0 heterocycles. The van der Waals surface area contributed by atoms with Crippen LogP contribution in [0, 0.1) is 26.2 Å². The Hall–Kier alpha value is -0.820. The van der Waals surface area contributed by atoms with Crippen molar-refractivity contribution in [2.75, 3.05) is 6.54 Å². The molecule has 1 aliphatic rings. The zero-order valence-corrected chi connectivity index (χ0v) is 12.4. The van der Waals surface area contributed by atoms with Crippen LogP contribution in [0.25, 0.3) is 0 Å². The summed E-state index contributed by atoms with van der Waals surface area (Å²) in [7, 11) is 0. The van der Waals surface area contributed by atoms with Crippen molar-refractivity contribution in [3.05, 3.63) is 34.4 Å². The molecule has 1 aromatic rings. The summed E-state index contributed by atoms with van der Waals surface area (Å²) < 4.78 is 0. The van der Waals surface area contributed by atoms with Gasteiger partial charge in [0.05, 0.1) is 0 Å². The molecule has 2 rings (SSSR count). The third-order valence-corrected chi connectivity index (χ3v) is 4.50. The molecule has 0 aromatic heterocycles. The average molecular weight is 245 g/mol. The van der Waals surface area contributed by atoms with Crippen LogP contribution in [-0.2, 0) is 6.54 Å². The van der Waals surface area contributed by atoms with Gasteiger partial charge in [0.2, 0.25) is 0 Å². The molecule has 1 saturated carbocycles. The molecule has 0 atom stereocenters. The maximum atomic E-state index is 3.69. The van der Waals surface area contributed by atoms with Gasteiger partial charge in [0.25, 0.3) is 0 Å². The summed E-state index contributed by atoms with van der Waals surface area (Å²) in [5, 5.41) is 3.69. The SMILES string of the molecule is Cc1cc(C)c(CNCC2(C)CCCC2)c(C)c1. The van der Waals surface area contributed by atoms with Crippen molar-refractivity contribution in [3.8, 4) is 0 Å². The second kappa shape index (κ2) is 5.44. The maximum Gasteiger partial charge on any atom is 0.0210 e. The molecular formula is C17H27N. The first kappa shape index (κ1) is 13.6. The van der Waals surface area contributed by atoms with Gasteiger partial charge in [0.15, 0.2) is 0 Å². The van der Waals surface area contributed by atoms with Gasteiger partial charge in [-0.1, -0.05) is 37.5 Å². The molecule has 0 bridgehead atoms. The van der Waals surface area contributed by atoms with Gasteiger partial charge in [0.1, 0.15) is 0 Å². The van der Waals surface area contributed by atoms with Crippen molar-refractivity contribution in [1.82, 2.24) is 5.32 Å². The first-order valence-electron chi connectivity index (χ1n) is 7.28. The van der Waals surface area contributed by atoms with E-state index >= 15 is 0 Å². The molecular weight excluding hydrogens is 218 g/mol. The topological polar surface area (TPSA) is 12.0 Å². The van der Waals surface area contributed by atoms with Crippen LogP contribution in [-0.4, -0.2) is 6.54 Å². The summed E-state index contributed by atoms with van der Waals surface area (Å²) in [6, 6.07) is 4.59. The molecule has 1 heteroatoms. The van der Waals surface area contributed by atoms with Gasteiger partial charge in [-0.2, -0.15) is 0 Å². The Bertz CT molecular complexity index is 391. The summed E-state index contributed by atoms with van der Waals surface area (Å²) in [4.78, 5) is 0. The molecule has 1 nitrogen and oxygen atoms in total. The van der Waals surface area contributed by atoms with E-state index < -0.39 is 0 Å². The minimum Gasteiger partial charge on any atom is -0.312 e. The lowest BCUT2D eigenvalue weighted by Gasteiger charge is -2.24. The second-order valence-corrected chi connectivity index (χ2v) is 6.50. The molecule has 1 fully saturated rings. The molecule has 0 aliphatic heterocycles. The van der Waals surface area contributed by atoms with Crippen molar-refractivity contribution in [1.29, 1.82) is 0 Å². The van der Waals surface area contributed by atoms with Crippen molar-refractivity contribution in [3.63, 3.8) is 0 Å². The van der Waals surface area contributed by atoms with E-state index in [1.807, 2.05) is 0 Å². The molecule has 1 aliphatic carbocycles. The van der Waals surface area contributed by atoms with Gasteiger partial charge >= 0.3 is 0 Å². The highest BCUT2D eigenvalue weighted by atomic mass is 14.9. The fraction of sp³-hybridized carbons (Fsp3) is 0.647. The molecule has 0 unspecified atom stereocenters.